The van der Waals surface area contributed by atoms with Crippen LogP contribution in [0.4, 0.5) is 17.1 Å². The van der Waals surface area contributed by atoms with Crippen molar-refractivity contribution in [3.8, 4) is 44.6 Å². The lowest BCUT2D eigenvalue weighted by Crippen LogP contribution is -2.16. The average Bonchev–Trinajstić information content (AvgIpc) is 3.53. The van der Waals surface area contributed by atoms with Crippen molar-refractivity contribution < 1.29 is 0 Å². The largest absolute Gasteiger partial charge is 0.309 e. The molecule has 1 heterocycles. The quantitative estimate of drug-likeness (QED) is 0.212. The van der Waals surface area contributed by atoms with E-state index in [9.17, 15) is 0 Å². The van der Waals surface area contributed by atoms with Gasteiger partial charge in [0.25, 0.3) is 0 Å². The van der Waals surface area contributed by atoms with E-state index in [0.29, 0.717) is 0 Å². The van der Waals surface area contributed by atoms with Crippen LogP contribution in [0, 0.1) is 0 Å². The number of benzene rings is 6. The first-order chi connectivity index (χ1) is 21.6. The Morgan fingerprint density at radius 2 is 1.16 bits per heavy atom. The maximum absolute atomic E-state index is 4.60. The van der Waals surface area contributed by atoms with Gasteiger partial charge in [0.2, 0.25) is 0 Å². The molecule has 0 atom stereocenters. The molecular weight excluding hydrogens is 532 g/mol. The lowest BCUT2D eigenvalue weighted by Gasteiger charge is -2.30. The molecule has 0 fully saturated rings. The minimum absolute atomic E-state index is 0.0832. The molecule has 44 heavy (non-hydrogen) atoms. The van der Waals surface area contributed by atoms with E-state index in [1.807, 2.05) is 18.3 Å². The Morgan fingerprint density at radius 3 is 1.93 bits per heavy atom. The van der Waals surface area contributed by atoms with Gasteiger partial charge in [0.1, 0.15) is 0 Å². The van der Waals surface area contributed by atoms with Gasteiger partial charge in [0.15, 0.2) is 0 Å². The molecule has 9 rings (SSSR count). The SMILES string of the molecule is CC1(C)c2ccccc2-c2c(N(c3ccc(-c4ccccn4)cc3)c3ccc4c5c(cccc35)-c3ccccc3-4)cccc21. The van der Waals surface area contributed by atoms with Crippen molar-refractivity contribution in [2.75, 3.05) is 4.90 Å². The molecule has 2 heteroatoms. The number of hydrogen-bond acceptors (Lipinski definition) is 2. The Bertz CT molecular complexity index is 2210. The third-order valence-corrected chi connectivity index (χ3v) is 9.68. The summed E-state index contributed by atoms with van der Waals surface area (Å²) >= 11 is 0. The minimum atomic E-state index is -0.0832. The number of aromatic nitrogens is 1. The normalized spacial score (nSPS) is 13.4. The van der Waals surface area contributed by atoms with Gasteiger partial charge in [-0.3, -0.25) is 4.98 Å². The number of pyridine rings is 1. The first-order valence-corrected chi connectivity index (χ1v) is 15.3. The first kappa shape index (κ1) is 25.1. The standard InChI is InChI=1S/C42H30N2/c1-42(2)35-16-6-5-13-33(35)41-36(42)17-10-19-39(41)44(28-22-20-27(21-23-28)37-18-7-8-26-43-37)38-25-24-32-30-12-4-3-11-29(30)31-14-9-15-34(38)40(31)32/h3-26H,1-2H3. The van der Waals surface area contributed by atoms with Crippen LogP contribution in [0.25, 0.3) is 55.4 Å². The van der Waals surface area contributed by atoms with Crippen LogP contribution in [0.2, 0.25) is 0 Å². The van der Waals surface area contributed by atoms with E-state index in [1.165, 1.54) is 66.7 Å². The van der Waals surface area contributed by atoms with Gasteiger partial charge in [0.05, 0.1) is 17.1 Å². The zero-order valence-corrected chi connectivity index (χ0v) is 24.8. The molecule has 6 aromatic carbocycles. The first-order valence-electron chi connectivity index (χ1n) is 15.3. The molecule has 0 saturated heterocycles. The Kier molecular flexibility index (Phi) is 5.28. The van der Waals surface area contributed by atoms with Crippen LogP contribution in [0.5, 0.6) is 0 Å². The molecule has 0 saturated carbocycles. The van der Waals surface area contributed by atoms with Crippen LogP contribution >= 0.6 is 0 Å². The molecule has 0 amide bonds. The van der Waals surface area contributed by atoms with Gasteiger partial charge in [-0.1, -0.05) is 117 Å². The number of hydrogen-bond donors (Lipinski definition) is 0. The van der Waals surface area contributed by atoms with Crippen LogP contribution < -0.4 is 4.90 Å². The van der Waals surface area contributed by atoms with E-state index in [1.54, 1.807) is 0 Å². The highest BCUT2D eigenvalue weighted by atomic mass is 15.1. The van der Waals surface area contributed by atoms with Crippen LogP contribution in [0.1, 0.15) is 25.0 Å². The summed E-state index contributed by atoms with van der Waals surface area (Å²) in [5.41, 5.74) is 16.1. The predicted octanol–water partition coefficient (Wildman–Crippen LogP) is 11.3. The second-order valence-corrected chi connectivity index (χ2v) is 12.4. The van der Waals surface area contributed by atoms with Crippen molar-refractivity contribution in [1.82, 2.24) is 4.98 Å². The molecule has 2 aliphatic carbocycles. The summed E-state index contributed by atoms with van der Waals surface area (Å²) in [7, 11) is 0. The van der Waals surface area contributed by atoms with Gasteiger partial charge < -0.3 is 4.90 Å². The minimum Gasteiger partial charge on any atom is -0.309 e. The second kappa shape index (κ2) is 9.26. The maximum atomic E-state index is 4.60. The van der Waals surface area contributed by atoms with E-state index in [4.69, 9.17) is 0 Å². The molecule has 0 spiro atoms. The number of fused-ring (bicyclic) bond motifs is 6. The third kappa shape index (κ3) is 3.46. The molecular formula is C42H30N2. The Hall–Kier alpha value is -5.47. The fourth-order valence-corrected chi connectivity index (χ4v) is 7.63. The van der Waals surface area contributed by atoms with Crippen molar-refractivity contribution in [1.29, 1.82) is 0 Å². The van der Waals surface area contributed by atoms with Gasteiger partial charge in [-0.2, -0.15) is 0 Å². The van der Waals surface area contributed by atoms with Crippen LogP contribution in [-0.2, 0) is 5.41 Å². The molecule has 0 aliphatic heterocycles. The van der Waals surface area contributed by atoms with E-state index in [2.05, 4.69) is 151 Å². The van der Waals surface area contributed by atoms with Crippen molar-refractivity contribution in [3.05, 3.63) is 157 Å². The highest BCUT2D eigenvalue weighted by molar-refractivity contribution is 6.19. The molecule has 0 unspecified atom stereocenters. The van der Waals surface area contributed by atoms with E-state index in [-0.39, 0.29) is 5.41 Å². The van der Waals surface area contributed by atoms with Crippen molar-refractivity contribution in [2.24, 2.45) is 0 Å². The summed E-state index contributed by atoms with van der Waals surface area (Å²) in [6.07, 6.45) is 1.85. The highest BCUT2D eigenvalue weighted by Crippen LogP contribution is 2.56. The molecule has 7 aromatic rings. The van der Waals surface area contributed by atoms with Crippen LogP contribution in [0.15, 0.2) is 146 Å². The Morgan fingerprint density at radius 1 is 0.500 bits per heavy atom. The molecule has 0 bridgehead atoms. The lowest BCUT2D eigenvalue weighted by atomic mass is 9.82. The number of rotatable bonds is 4. The summed E-state index contributed by atoms with van der Waals surface area (Å²) < 4.78 is 0. The molecule has 2 nitrogen and oxygen atoms in total. The van der Waals surface area contributed by atoms with E-state index in [0.717, 1.165) is 16.9 Å². The van der Waals surface area contributed by atoms with E-state index < -0.39 is 0 Å². The van der Waals surface area contributed by atoms with E-state index >= 15 is 0 Å². The molecule has 1 aromatic heterocycles. The Balaban J connectivity index is 1.32. The smallest absolute Gasteiger partial charge is 0.0701 e. The molecule has 2 aliphatic rings. The number of anilines is 3. The monoisotopic (exact) mass is 562 g/mol. The lowest BCUT2D eigenvalue weighted by molar-refractivity contribution is 0.660. The van der Waals surface area contributed by atoms with Crippen molar-refractivity contribution in [2.45, 2.75) is 19.3 Å². The van der Waals surface area contributed by atoms with Crippen molar-refractivity contribution in [3.63, 3.8) is 0 Å². The van der Waals surface area contributed by atoms with Gasteiger partial charge in [-0.15, -0.1) is 0 Å². The fraction of sp³-hybridized carbons (Fsp3) is 0.0714. The summed E-state index contributed by atoms with van der Waals surface area (Å²) in [6.45, 7) is 4.70. The van der Waals surface area contributed by atoms with Crippen LogP contribution in [0.3, 0.4) is 0 Å². The predicted molar refractivity (Wildman–Crippen MR) is 184 cm³/mol. The maximum Gasteiger partial charge on any atom is 0.0701 e. The highest BCUT2D eigenvalue weighted by Gasteiger charge is 2.38. The van der Waals surface area contributed by atoms with Gasteiger partial charge >= 0.3 is 0 Å². The average molecular weight is 563 g/mol. The zero-order chi connectivity index (χ0) is 29.4. The van der Waals surface area contributed by atoms with Gasteiger partial charge in [-0.25, -0.2) is 0 Å². The summed E-state index contributed by atoms with van der Waals surface area (Å²) in [4.78, 5) is 7.08. The second-order valence-electron chi connectivity index (χ2n) is 12.4. The topological polar surface area (TPSA) is 16.1 Å². The molecule has 0 radical (unpaired) electrons. The van der Waals surface area contributed by atoms with Crippen molar-refractivity contribution >= 4 is 27.8 Å². The molecule has 208 valence electrons. The van der Waals surface area contributed by atoms with Crippen LogP contribution in [-0.4, -0.2) is 4.98 Å². The number of nitrogens with zero attached hydrogens (tertiary/aromatic N) is 2. The zero-order valence-electron chi connectivity index (χ0n) is 24.8. The Labute approximate surface area is 257 Å². The molecule has 0 N–H and O–H groups in total. The fourth-order valence-electron chi connectivity index (χ4n) is 7.63. The summed E-state index contributed by atoms with van der Waals surface area (Å²) in [6, 6.07) is 50.9. The summed E-state index contributed by atoms with van der Waals surface area (Å²) in [5, 5.41) is 2.59. The third-order valence-electron chi connectivity index (χ3n) is 9.68. The van der Waals surface area contributed by atoms with Gasteiger partial charge in [-0.05, 0) is 80.7 Å². The summed E-state index contributed by atoms with van der Waals surface area (Å²) in [5.74, 6) is 0. The van der Waals surface area contributed by atoms with Gasteiger partial charge in [0, 0.05) is 33.8 Å².